The minimum atomic E-state index is -0.114. The summed E-state index contributed by atoms with van der Waals surface area (Å²) in [6.07, 6.45) is 3.45. The summed E-state index contributed by atoms with van der Waals surface area (Å²) in [6, 6.07) is 8.38. The van der Waals surface area contributed by atoms with Crippen molar-refractivity contribution in [1.82, 2.24) is 10.2 Å². The van der Waals surface area contributed by atoms with E-state index in [0.717, 1.165) is 12.8 Å². The zero-order valence-corrected chi connectivity index (χ0v) is 11.4. The fraction of sp³-hybridized carbons (Fsp3) is 0.533. The number of carbonyl (C=O) groups excluding carboxylic acids is 1. The van der Waals surface area contributed by atoms with Crippen LogP contribution >= 0.6 is 0 Å². The largest absolute Gasteiger partial charge is 0.395 e. The van der Waals surface area contributed by atoms with Crippen molar-refractivity contribution in [2.45, 2.75) is 25.2 Å². The van der Waals surface area contributed by atoms with Gasteiger partial charge >= 0.3 is 6.03 Å². The van der Waals surface area contributed by atoms with E-state index in [9.17, 15) is 4.79 Å². The van der Waals surface area contributed by atoms with Gasteiger partial charge in [0, 0.05) is 26.1 Å². The Kier molecular flexibility index (Phi) is 4.80. The molecule has 1 aromatic rings. The third kappa shape index (κ3) is 3.47. The summed E-state index contributed by atoms with van der Waals surface area (Å²) in [5.74, 6) is 0.413. The van der Waals surface area contributed by atoms with Gasteiger partial charge in [0.05, 0.1) is 6.61 Å². The Balaban J connectivity index is 1.92. The zero-order chi connectivity index (χ0) is 13.7. The molecule has 0 fully saturated rings. The van der Waals surface area contributed by atoms with Crippen molar-refractivity contribution in [3.05, 3.63) is 35.4 Å². The second-order valence-electron chi connectivity index (χ2n) is 5.12. The van der Waals surface area contributed by atoms with Crippen molar-refractivity contribution in [2.75, 3.05) is 26.7 Å². The van der Waals surface area contributed by atoms with Gasteiger partial charge in [-0.05, 0) is 30.4 Å². The second kappa shape index (κ2) is 6.57. The molecule has 1 atom stereocenters. The van der Waals surface area contributed by atoms with E-state index in [4.69, 9.17) is 5.11 Å². The topological polar surface area (TPSA) is 52.6 Å². The number of nitrogens with zero attached hydrogens (tertiary/aromatic N) is 1. The number of urea groups is 1. The summed E-state index contributed by atoms with van der Waals surface area (Å²) in [5.41, 5.74) is 2.79. The number of benzene rings is 1. The maximum atomic E-state index is 11.8. The molecule has 0 bridgehead atoms. The van der Waals surface area contributed by atoms with Crippen LogP contribution in [0, 0.1) is 0 Å². The van der Waals surface area contributed by atoms with E-state index in [0.29, 0.717) is 19.0 Å². The van der Waals surface area contributed by atoms with E-state index in [1.54, 1.807) is 7.05 Å². The number of rotatable bonds is 4. The van der Waals surface area contributed by atoms with Gasteiger partial charge in [-0.15, -0.1) is 0 Å². The molecule has 1 aliphatic rings. The summed E-state index contributed by atoms with van der Waals surface area (Å²) in [6.45, 7) is 1.04. The highest BCUT2D eigenvalue weighted by molar-refractivity contribution is 5.73. The van der Waals surface area contributed by atoms with Crippen molar-refractivity contribution >= 4 is 6.03 Å². The number of hydrogen-bond donors (Lipinski definition) is 2. The molecule has 104 valence electrons. The standard InChI is InChI=1S/C15H22N2O2/c1-17(9-10-18)15(19)16-11-13-7-4-6-12-5-2-3-8-14(12)13/h2-3,5,8,13,18H,4,6-7,9-11H2,1H3,(H,16,19). The van der Waals surface area contributed by atoms with Crippen molar-refractivity contribution in [1.29, 1.82) is 0 Å². The average molecular weight is 262 g/mol. The fourth-order valence-electron chi connectivity index (χ4n) is 2.66. The van der Waals surface area contributed by atoms with Crippen LogP contribution in [0.4, 0.5) is 4.79 Å². The lowest BCUT2D eigenvalue weighted by atomic mass is 9.83. The Morgan fingerprint density at radius 2 is 2.26 bits per heavy atom. The molecule has 2 rings (SSSR count). The number of nitrogens with one attached hydrogen (secondary N) is 1. The Morgan fingerprint density at radius 1 is 1.47 bits per heavy atom. The first-order valence-corrected chi connectivity index (χ1v) is 6.90. The number of aryl methyl sites for hydroxylation is 1. The molecule has 0 aromatic heterocycles. The zero-order valence-electron chi connectivity index (χ0n) is 11.4. The second-order valence-corrected chi connectivity index (χ2v) is 5.12. The summed E-state index contributed by atoms with van der Waals surface area (Å²) in [4.78, 5) is 13.3. The van der Waals surface area contributed by atoms with Crippen LogP contribution in [0.15, 0.2) is 24.3 Å². The molecular weight excluding hydrogens is 240 g/mol. The van der Waals surface area contributed by atoms with E-state index >= 15 is 0 Å². The Hall–Kier alpha value is -1.55. The molecule has 0 aliphatic heterocycles. The molecule has 19 heavy (non-hydrogen) atoms. The lowest BCUT2D eigenvalue weighted by Crippen LogP contribution is -2.40. The number of aliphatic hydroxyl groups excluding tert-OH is 1. The summed E-state index contributed by atoms with van der Waals surface area (Å²) in [7, 11) is 1.69. The average Bonchev–Trinajstić information content (AvgIpc) is 2.45. The van der Waals surface area contributed by atoms with Crippen LogP contribution in [-0.4, -0.2) is 42.8 Å². The Labute approximate surface area is 114 Å². The van der Waals surface area contributed by atoms with Gasteiger partial charge in [-0.25, -0.2) is 4.79 Å². The smallest absolute Gasteiger partial charge is 0.317 e. The minimum absolute atomic E-state index is 0.00379. The molecule has 1 aliphatic carbocycles. The number of hydrogen-bond acceptors (Lipinski definition) is 2. The summed E-state index contributed by atoms with van der Waals surface area (Å²) < 4.78 is 0. The van der Waals surface area contributed by atoms with Crippen LogP contribution < -0.4 is 5.32 Å². The van der Waals surface area contributed by atoms with Gasteiger partial charge in [0.15, 0.2) is 0 Å². The first-order chi connectivity index (χ1) is 9.22. The van der Waals surface area contributed by atoms with Gasteiger partial charge in [-0.3, -0.25) is 0 Å². The lowest BCUT2D eigenvalue weighted by Gasteiger charge is -2.26. The molecule has 0 heterocycles. The molecule has 0 radical (unpaired) electrons. The molecule has 0 saturated carbocycles. The highest BCUT2D eigenvalue weighted by atomic mass is 16.3. The molecule has 2 N–H and O–H groups in total. The van der Waals surface area contributed by atoms with E-state index in [1.165, 1.54) is 22.4 Å². The van der Waals surface area contributed by atoms with E-state index in [1.807, 2.05) is 0 Å². The molecule has 0 spiro atoms. The van der Waals surface area contributed by atoms with Crippen LogP contribution in [0.3, 0.4) is 0 Å². The predicted octanol–water partition coefficient (Wildman–Crippen LogP) is 1.74. The quantitative estimate of drug-likeness (QED) is 0.868. The SMILES string of the molecule is CN(CCO)C(=O)NCC1CCCc2ccccc21. The first-order valence-electron chi connectivity index (χ1n) is 6.90. The third-order valence-corrected chi connectivity index (χ3v) is 3.78. The molecule has 1 unspecified atom stereocenters. The number of aliphatic hydroxyl groups is 1. The van der Waals surface area contributed by atoms with Gasteiger partial charge in [0.25, 0.3) is 0 Å². The first kappa shape index (κ1) is 13.9. The van der Waals surface area contributed by atoms with Crippen LogP contribution in [0.2, 0.25) is 0 Å². The Morgan fingerprint density at radius 3 is 3.05 bits per heavy atom. The summed E-state index contributed by atoms with van der Waals surface area (Å²) >= 11 is 0. The fourth-order valence-corrected chi connectivity index (χ4v) is 2.66. The molecule has 4 nitrogen and oxygen atoms in total. The number of likely N-dealkylation sites (N-methyl/N-ethyl adjacent to an activating group) is 1. The number of fused-ring (bicyclic) bond motifs is 1. The summed E-state index contributed by atoms with van der Waals surface area (Å²) in [5, 5.41) is 11.8. The van der Waals surface area contributed by atoms with Crippen molar-refractivity contribution in [3.8, 4) is 0 Å². The maximum Gasteiger partial charge on any atom is 0.317 e. The monoisotopic (exact) mass is 262 g/mol. The van der Waals surface area contributed by atoms with Crippen LogP contribution in [0.1, 0.15) is 29.9 Å². The molecule has 4 heteroatoms. The van der Waals surface area contributed by atoms with Gasteiger partial charge < -0.3 is 15.3 Å². The van der Waals surface area contributed by atoms with E-state index < -0.39 is 0 Å². The molecule has 2 amide bonds. The molecule has 0 saturated heterocycles. The molecular formula is C15H22N2O2. The van der Waals surface area contributed by atoms with Crippen molar-refractivity contribution < 1.29 is 9.90 Å². The van der Waals surface area contributed by atoms with Crippen molar-refractivity contribution in [3.63, 3.8) is 0 Å². The van der Waals surface area contributed by atoms with Crippen LogP contribution in [0.25, 0.3) is 0 Å². The maximum absolute atomic E-state index is 11.8. The lowest BCUT2D eigenvalue weighted by molar-refractivity contribution is 0.189. The normalized spacial score (nSPS) is 17.7. The van der Waals surface area contributed by atoms with Gasteiger partial charge in [-0.2, -0.15) is 0 Å². The molecule has 1 aromatic carbocycles. The van der Waals surface area contributed by atoms with Crippen molar-refractivity contribution in [2.24, 2.45) is 0 Å². The van der Waals surface area contributed by atoms with Gasteiger partial charge in [0.2, 0.25) is 0 Å². The van der Waals surface area contributed by atoms with E-state index in [2.05, 4.69) is 29.6 Å². The number of carbonyl (C=O) groups is 1. The van der Waals surface area contributed by atoms with E-state index in [-0.39, 0.29) is 12.6 Å². The number of amides is 2. The predicted molar refractivity (Wildman–Crippen MR) is 75.2 cm³/mol. The van der Waals surface area contributed by atoms with Crippen LogP contribution in [-0.2, 0) is 6.42 Å². The Bertz CT molecular complexity index is 434. The minimum Gasteiger partial charge on any atom is -0.395 e. The van der Waals surface area contributed by atoms with Gasteiger partial charge in [0.1, 0.15) is 0 Å². The third-order valence-electron chi connectivity index (χ3n) is 3.78. The highest BCUT2D eigenvalue weighted by Gasteiger charge is 2.20. The van der Waals surface area contributed by atoms with Gasteiger partial charge in [-0.1, -0.05) is 24.3 Å². The highest BCUT2D eigenvalue weighted by Crippen LogP contribution is 2.30. The van der Waals surface area contributed by atoms with Crippen LogP contribution in [0.5, 0.6) is 0 Å².